The van der Waals surface area contributed by atoms with Crippen molar-refractivity contribution in [1.82, 2.24) is 14.8 Å². The summed E-state index contributed by atoms with van der Waals surface area (Å²) < 4.78 is 40.1. The number of benzene rings is 1. The van der Waals surface area contributed by atoms with Crippen molar-refractivity contribution in [2.24, 2.45) is 0 Å². The summed E-state index contributed by atoms with van der Waals surface area (Å²) in [6.07, 6.45) is -3.05. The summed E-state index contributed by atoms with van der Waals surface area (Å²) in [5.41, 5.74) is -0.911. The molecule has 2 aromatic heterocycles. The van der Waals surface area contributed by atoms with Crippen molar-refractivity contribution in [2.45, 2.75) is 20.0 Å². The Morgan fingerprint density at radius 3 is 2.54 bits per heavy atom. The molecule has 0 aliphatic carbocycles. The van der Waals surface area contributed by atoms with Crippen molar-refractivity contribution in [3.8, 4) is 5.69 Å². The van der Waals surface area contributed by atoms with Gasteiger partial charge in [-0.05, 0) is 43.7 Å². The molecule has 0 bridgehead atoms. The van der Waals surface area contributed by atoms with E-state index in [1.807, 2.05) is 0 Å². The molecular weight excluding hydrogens is 373 g/mol. The summed E-state index contributed by atoms with van der Waals surface area (Å²) >= 11 is 0. The smallest absolute Gasteiger partial charge is 0.305 e. The number of pyridine rings is 1. The maximum Gasteiger partial charge on any atom is 0.416 e. The fourth-order valence-electron chi connectivity index (χ4n) is 2.56. The number of carbonyl (C=O) groups is 1. The van der Waals surface area contributed by atoms with Crippen molar-refractivity contribution >= 4 is 11.7 Å². The molecule has 2 heterocycles. The van der Waals surface area contributed by atoms with E-state index < -0.39 is 28.8 Å². The molecular formula is C19H15F3N4O2. The predicted molar refractivity (Wildman–Crippen MR) is 96.5 cm³/mol. The lowest BCUT2D eigenvalue weighted by molar-refractivity contribution is -0.137. The van der Waals surface area contributed by atoms with Crippen molar-refractivity contribution in [2.75, 3.05) is 5.32 Å². The molecule has 1 N–H and O–H groups in total. The highest BCUT2D eigenvalue weighted by Gasteiger charge is 2.30. The van der Waals surface area contributed by atoms with Gasteiger partial charge in [-0.1, -0.05) is 12.1 Å². The van der Waals surface area contributed by atoms with Gasteiger partial charge in [0.05, 0.1) is 11.3 Å². The predicted octanol–water partition coefficient (Wildman–Crippen LogP) is 3.52. The van der Waals surface area contributed by atoms with E-state index in [1.165, 1.54) is 25.3 Å². The lowest BCUT2D eigenvalue weighted by atomic mass is 10.2. The minimum atomic E-state index is -4.53. The fourth-order valence-corrected chi connectivity index (χ4v) is 2.56. The number of halogens is 3. The van der Waals surface area contributed by atoms with E-state index in [2.05, 4.69) is 15.4 Å². The van der Waals surface area contributed by atoms with E-state index in [9.17, 15) is 22.8 Å². The second kappa shape index (κ2) is 7.26. The number of aromatic nitrogens is 3. The van der Waals surface area contributed by atoms with Gasteiger partial charge in [0.15, 0.2) is 5.69 Å². The van der Waals surface area contributed by atoms with Crippen molar-refractivity contribution in [3.63, 3.8) is 0 Å². The van der Waals surface area contributed by atoms with Crippen LogP contribution in [0.25, 0.3) is 5.69 Å². The number of nitrogens with one attached hydrogen (secondary N) is 1. The number of hydrogen-bond donors (Lipinski definition) is 1. The minimum absolute atomic E-state index is 0.0791. The van der Waals surface area contributed by atoms with Crippen LogP contribution in [0.3, 0.4) is 0 Å². The summed E-state index contributed by atoms with van der Waals surface area (Å²) in [4.78, 5) is 28.7. The van der Waals surface area contributed by atoms with Crippen molar-refractivity contribution in [1.29, 1.82) is 0 Å². The highest BCUT2D eigenvalue weighted by atomic mass is 19.4. The second-order valence-corrected chi connectivity index (χ2v) is 6.08. The molecule has 3 aromatic rings. The molecule has 0 saturated carbocycles. The zero-order valence-electron chi connectivity index (χ0n) is 14.9. The first-order valence-corrected chi connectivity index (χ1v) is 8.18. The molecule has 0 fully saturated rings. The standard InChI is InChI=1S/C19H15F3N4O2/c1-11-5-4-8-23-17(11)24-18(28)16-15(27)9-12(2)26(25-16)14-7-3-6-13(10-14)19(20,21)22/h3-10H,1-2H3,(H,23,24,28). The Labute approximate surface area is 157 Å². The van der Waals surface area contributed by atoms with Gasteiger partial charge < -0.3 is 5.32 Å². The van der Waals surface area contributed by atoms with Gasteiger partial charge in [-0.3, -0.25) is 9.59 Å². The van der Waals surface area contributed by atoms with Crippen LogP contribution in [0.4, 0.5) is 19.0 Å². The van der Waals surface area contributed by atoms with E-state index in [-0.39, 0.29) is 17.2 Å². The van der Waals surface area contributed by atoms with Crippen LogP contribution in [0.15, 0.2) is 53.5 Å². The molecule has 0 unspecified atom stereocenters. The number of carbonyl (C=O) groups excluding carboxylic acids is 1. The molecule has 0 spiro atoms. The quantitative estimate of drug-likeness (QED) is 0.745. The third kappa shape index (κ3) is 3.93. The first-order chi connectivity index (χ1) is 13.2. The van der Waals surface area contributed by atoms with Crippen LogP contribution in [0.1, 0.15) is 27.3 Å². The topological polar surface area (TPSA) is 76.9 Å². The molecule has 9 heteroatoms. The van der Waals surface area contributed by atoms with Gasteiger partial charge in [0, 0.05) is 18.0 Å². The molecule has 0 aliphatic rings. The highest BCUT2D eigenvalue weighted by molar-refractivity contribution is 6.02. The van der Waals surface area contributed by atoms with Gasteiger partial charge in [-0.15, -0.1) is 0 Å². The number of nitrogens with zero attached hydrogens (tertiary/aromatic N) is 3. The SMILES string of the molecule is Cc1cccnc1NC(=O)c1nn(-c2cccc(C(F)(F)F)c2)c(C)cc1=O. The Bertz CT molecular complexity index is 1110. The third-order valence-corrected chi connectivity index (χ3v) is 3.98. The minimum Gasteiger partial charge on any atom is -0.305 e. The normalized spacial score (nSPS) is 11.3. The van der Waals surface area contributed by atoms with E-state index >= 15 is 0 Å². The molecule has 0 aliphatic heterocycles. The molecule has 144 valence electrons. The Hall–Kier alpha value is -3.49. The largest absolute Gasteiger partial charge is 0.416 e. The third-order valence-electron chi connectivity index (χ3n) is 3.98. The van der Waals surface area contributed by atoms with Crippen molar-refractivity contribution in [3.05, 3.63) is 81.4 Å². The lowest BCUT2D eigenvalue weighted by Gasteiger charge is -2.13. The molecule has 0 saturated heterocycles. The van der Waals surface area contributed by atoms with Gasteiger partial charge >= 0.3 is 6.18 Å². The van der Waals surface area contributed by atoms with E-state index in [4.69, 9.17) is 0 Å². The Morgan fingerprint density at radius 1 is 1.11 bits per heavy atom. The Kier molecular flexibility index (Phi) is 5.00. The molecule has 0 atom stereocenters. The first-order valence-electron chi connectivity index (χ1n) is 8.18. The van der Waals surface area contributed by atoms with E-state index in [0.717, 1.165) is 22.9 Å². The number of anilines is 1. The molecule has 28 heavy (non-hydrogen) atoms. The maximum atomic E-state index is 13.0. The lowest BCUT2D eigenvalue weighted by Crippen LogP contribution is -2.27. The van der Waals surface area contributed by atoms with Crippen molar-refractivity contribution < 1.29 is 18.0 Å². The van der Waals surface area contributed by atoms with Crippen LogP contribution in [-0.2, 0) is 6.18 Å². The molecule has 3 rings (SSSR count). The van der Waals surface area contributed by atoms with Crippen LogP contribution in [0.5, 0.6) is 0 Å². The van der Waals surface area contributed by atoms with Crippen LogP contribution in [0.2, 0.25) is 0 Å². The number of amides is 1. The number of hydrogen-bond acceptors (Lipinski definition) is 4. The zero-order chi connectivity index (χ0) is 20.5. The van der Waals surface area contributed by atoms with E-state index in [0.29, 0.717) is 5.56 Å². The van der Waals surface area contributed by atoms with Gasteiger partial charge in [-0.25, -0.2) is 9.67 Å². The summed E-state index contributed by atoms with van der Waals surface area (Å²) in [7, 11) is 0. The zero-order valence-corrected chi connectivity index (χ0v) is 14.9. The first kappa shape index (κ1) is 19.3. The Balaban J connectivity index is 2.03. The van der Waals surface area contributed by atoms with E-state index in [1.54, 1.807) is 19.1 Å². The number of aryl methyl sites for hydroxylation is 2. The number of rotatable bonds is 3. The van der Waals surface area contributed by atoms with Gasteiger partial charge in [0.1, 0.15) is 5.82 Å². The molecule has 0 radical (unpaired) electrons. The average Bonchev–Trinajstić information content (AvgIpc) is 2.63. The Morgan fingerprint density at radius 2 is 1.86 bits per heavy atom. The van der Waals surface area contributed by atoms with Gasteiger partial charge in [-0.2, -0.15) is 18.3 Å². The molecule has 6 nitrogen and oxygen atoms in total. The fraction of sp³-hybridized carbons (Fsp3) is 0.158. The van der Waals surface area contributed by atoms with Crippen LogP contribution < -0.4 is 10.7 Å². The molecule has 1 amide bonds. The maximum absolute atomic E-state index is 13.0. The van der Waals surface area contributed by atoms with Gasteiger partial charge in [0.25, 0.3) is 5.91 Å². The monoisotopic (exact) mass is 388 g/mol. The summed E-state index contributed by atoms with van der Waals surface area (Å²) in [6, 6.07) is 9.03. The van der Waals surface area contributed by atoms with Crippen LogP contribution in [0, 0.1) is 13.8 Å². The average molecular weight is 388 g/mol. The summed E-state index contributed by atoms with van der Waals surface area (Å²) in [6.45, 7) is 3.24. The second-order valence-electron chi connectivity index (χ2n) is 6.08. The molecule has 1 aromatic carbocycles. The van der Waals surface area contributed by atoms with Crippen LogP contribution in [-0.4, -0.2) is 20.7 Å². The summed E-state index contributed by atoms with van der Waals surface area (Å²) in [5.74, 6) is -0.535. The van der Waals surface area contributed by atoms with Gasteiger partial charge in [0.2, 0.25) is 5.43 Å². The highest BCUT2D eigenvalue weighted by Crippen LogP contribution is 2.30. The summed E-state index contributed by atoms with van der Waals surface area (Å²) in [5, 5.41) is 6.48. The number of alkyl halides is 3. The van der Waals surface area contributed by atoms with Crippen LogP contribution >= 0.6 is 0 Å².